The van der Waals surface area contributed by atoms with Gasteiger partial charge in [0.15, 0.2) is 5.82 Å². The first-order valence-electron chi connectivity index (χ1n) is 16.0. The lowest BCUT2D eigenvalue weighted by Gasteiger charge is -2.27. The van der Waals surface area contributed by atoms with Crippen LogP contribution in [-0.4, -0.2) is 143 Å². The van der Waals surface area contributed by atoms with Crippen molar-refractivity contribution in [1.29, 1.82) is 0 Å². The molecule has 52 heavy (non-hydrogen) atoms. The van der Waals surface area contributed by atoms with Gasteiger partial charge in [-0.05, 0) is 38.7 Å². The van der Waals surface area contributed by atoms with E-state index >= 15 is 0 Å². The third-order valence-corrected chi connectivity index (χ3v) is 6.86. The van der Waals surface area contributed by atoms with Crippen LogP contribution in [0.3, 0.4) is 0 Å². The number of anilines is 4. The Kier molecular flexibility index (Phi) is 26.2. The zero-order chi connectivity index (χ0) is 40.0. The molecule has 0 spiro atoms. The standard InChI is InChI=1S/C11H18N5O4.C11H22N5.C6H10.C2H6O.CH4O4S.ClH/c1-13(5-6-16(2,3)4)11-10(15(19)20)7-9(8-12-11)14(17)18;1-15(5-6-16(2,3)4)11-10(13)7-9(12)8-14-11;1-2-4-6-5-3-1;1-2-3;1-5-6(2,3)4;/h7-8H,5-6H2,1-4H3;7-8H,5-6,12-13H2,1-4H3;1-2H,3-6H2;3H,2H2,1H3;1H3,(H,2,3,4);1H/q2*+1;;;;/p-2. The van der Waals surface area contributed by atoms with Crippen LogP contribution in [-0.2, 0) is 14.6 Å². The predicted octanol–water partition coefficient (Wildman–Crippen LogP) is -0.359. The highest BCUT2D eigenvalue weighted by Crippen LogP contribution is 2.28. The molecule has 0 fully saturated rings. The second-order valence-corrected chi connectivity index (χ2v) is 14.4. The summed E-state index contributed by atoms with van der Waals surface area (Å²) < 4.78 is 32.6. The zero-order valence-electron chi connectivity index (χ0n) is 32.1. The van der Waals surface area contributed by atoms with Gasteiger partial charge >= 0.3 is 5.69 Å². The topological polar surface area (TPSA) is 257 Å². The van der Waals surface area contributed by atoms with E-state index in [1.165, 1.54) is 25.7 Å². The summed E-state index contributed by atoms with van der Waals surface area (Å²) >= 11 is 0. The van der Waals surface area contributed by atoms with Crippen molar-refractivity contribution >= 4 is 44.8 Å². The van der Waals surface area contributed by atoms with Crippen LogP contribution in [0.2, 0.25) is 0 Å². The van der Waals surface area contributed by atoms with E-state index in [-0.39, 0.29) is 36.2 Å². The van der Waals surface area contributed by atoms with Crippen LogP contribution < -0.4 is 33.7 Å². The van der Waals surface area contributed by atoms with E-state index in [0.717, 1.165) is 49.3 Å². The molecule has 0 aliphatic heterocycles. The summed E-state index contributed by atoms with van der Waals surface area (Å²) in [4.78, 5) is 32.1. The van der Waals surface area contributed by atoms with Crippen molar-refractivity contribution in [3.05, 3.63) is 56.9 Å². The Morgan fingerprint density at radius 1 is 0.865 bits per heavy atom. The van der Waals surface area contributed by atoms with Gasteiger partial charge in [-0.15, -0.1) is 0 Å². The summed E-state index contributed by atoms with van der Waals surface area (Å²) in [6.45, 7) is 5.17. The lowest BCUT2D eigenvalue weighted by Crippen LogP contribution is -3.00. The van der Waals surface area contributed by atoms with Gasteiger partial charge in [0, 0.05) is 20.7 Å². The molecule has 19 nitrogen and oxygen atoms in total. The molecule has 0 unspecified atom stereocenters. The zero-order valence-corrected chi connectivity index (χ0v) is 33.6. The van der Waals surface area contributed by atoms with Gasteiger partial charge in [0.05, 0.1) is 109 Å². The first-order chi connectivity index (χ1) is 23.4. The van der Waals surface area contributed by atoms with E-state index in [0.29, 0.717) is 22.4 Å². The second kappa shape index (κ2) is 25.9. The van der Waals surface area contributed by atoms with E-state index in [1.807, 2.05) is 28.2 Å². The Labute approximate surface area is 314 Å². The maximum Gasteiger partial charge on any atom is 0.318 e. The summed E-state index contributed by atoms with van der Waals surface area (Å²) in [5.41, 5.74) is 12.0. The molecule has 0 saturated heterocycles. The summed E-state index contributed by atoms with van der Waals surface area (Å²) in [7, 11) is 12.6. The number of rotatable bonds is 11. The maximum absolute atomic E-state index is 11.0. The summed E-state index contributed by atoms with van der Waals surface area (Å²) in [5, 5.41) is 29.2. The predicted molar refractivity (Wildman–Crippen MR) is 200 cm³/mol. The van der Waals surface area contributed by atoms with Crippen LogP contribution in [0, 0.1) is 20.2 Å². The highest BCUT2D eigenvalue weighted by molar-refractivity contribution is 7.80. The maximum atomic E-state index is 11.0. The fourth-order valence-corrected chi connectivity index (χ4v) is 3.65. The van der Waals surface area contributed by atoms with Gasteiger partial charge in [0.25, 0.3) is 5.69 Å². The molecule has 3 rings (SSSR count). The van der Waals surface area contributed by atoms with Crippen LogP contribution in [0.4, 0.5) is 34.4 Å². The molecule has 0 amide bonds. The van der Waals surface area contributed by atoms with E-state index in [4.69, 9.17) is 16.6 Å². The lowest BCUT2D eigenvalue weighted by molar-refractivity contribution is -0.868. The van der Waals surface area contributed by atoms with E-state index in [1.54, 1.807) is 31.1 Å². The largest absolute Gasteiger partial charge is 1.00 e. The van der Waals surface area contributed by atoms with Crippen molar-refractivity contribution in [3.8, 4) is 0 Å². The van der Waals surface area contributed by atoms with Crippen molar-refractivity contribution in [1.82, 2.24) is 9.97 Å². The SMILES string of the molecule is C1=CCCCC1.CCO.CN(CC[N+](C)(C)C)c1ncc(N)cc1N.CN(CC[N+](C)(C)C)c1ncc([N+](=O)[O-])cc1[N+](=O)[O-].COS(=O)(=O)[O-].[Cl-]. The van der Waals surface area contributed by atoms with E-state index < -0.39 is 20.2 Å². The second-order valence-electron chi connectivity index (χ2n) is 13.2. The molecule has 2 aromatic heterocycles. The summed E-state index contributed by atoms with van der Waals surface area (Å²) in [6.07, 6.45) is 12.7. The number of hydrogen-bond donors (Lipinski definition) is 3. The molecule has 0 aromatic carbocycles. The van der Waals surface area contributed by atoms with Gasteiger partial charge in [-0.2, -0.15) is 0 Å². The van der Waals surface area contributed by atoms with Crippen LogP contribution >= 0.6 is 0 Å². The number of nitro groups is 2. The van der Waals surface area contributed by atoms with Gasteiger partial charge in [0.1, 0.15) is 6.20 Å². The Bertz CT molecular complexity index is 1460. The molecular formula is C31H59ClN10O9S. The number of likely N-dealkylation sites (N-methyl/N-ethyl adjacent to an activating group) is 4. The smallest absolute Gasteiger partial charge is 0.318 e. The van der Waals surface area contributed by atoms with Crippen LogP contribution in [0.15, 0.2) is 36.7 Å². The molecule has 0 radical (unpaired) electrons. The minimum Gasteiger partial charge on any atom is -1.00 e. The first-order valence-corrected chi connectivity index (χ1v) is 17.3. The molecule has 21 heteroatoms. The van der Waals surface area contributed by atoms with Gasteiger partial charge < -0.3 is 52.3 Å². The third-order valence-electron chi connectivity index (χ3n) is 6.45. The van der Waals surface area contributed by atoms with Gasteiger partial charge in [-0.1, -0.05) is 12.2 Å². The number of pyridine rings is 2. The number of nitrogens with two attached hydrogens (primary N) is 2. The number of quaternary nitrogens is 2. The molecular weight excluding hydrogens is 724 g/mol. The van der Waals surface area contributed by atoms with E-state index in [9.17, 15) is 33.2 Å². The highest BCUT2D eigenvalue weighted by Gasteiger charge is 2.24. The van der Waals surface area contributed by atoms with Crippen molar-refractivity contribution in [3.63, 3.8) is 0 Å². The number of hydrogen-bond acceptors (Lipinski definition) is 15. The number of nitrogens with zero attached hydrogens (tertiary/aromatic N) is 8. The average molecular weight is 783 g/mol. The Hall–Kier alpha value is -3.92. The van der Waals surface area contributed by atoms with Crippen LogP contribution in [0.1, 0.15) is 32.6 Å². The molecule has 0 saturated carbocycles. The minimum atomic E-state index is -4.41. The first kappa shape index (κ1) is 52.4. The van der Waals surface area contributed by atoms with Crippen molar-refractivity contribution in [2.75, 3.05) is 118 Å². The van der Waals surface area contributed by atoms with Crippen molar-refractivity contribution < 1.29 is 53.5 Å². The van der Waals surface area contributed by atoms with Gasteiger partial charge in [-0.25, -0.2) is 18.4 Å². The Balaban J connectivity index is -0.000000661. The number of aliphatic hydroxyl groups is 1. The lowest BCUT2D eigenvalue weighted by atomic mass is 10.1. The normalized spacial score (nSPS) is 12.0. The minimum absolute atomic E-state index is 0. The number of allylic oxidation sites excluding steroid dienone is 2. The number of aromatic nitrogens is 2. The average Bonchev–Trinajstić information content (AvgIpc) is 3.03. The molecule has 1 aliphatic carbocycles. The number of halogens is 1. The summed E-state index contributed by atoms with van der Waals surface area (Å²) in [5.74, 6) is 0.928. The van der Waals surface area contributed by atoms with Gasteiger partial charge in [0.2, 0.25) is 16.2 Å². The van der Waals surface area contributed by atoms with Gasteiger partial charge in [-0.3, -0.25) is 24.4 Å². The number of nitrogen functional groups attached to an aromatic ring is 2. The monoisotopic (exact) mass is 782 g/mol. The van der Waals surface area contributed by atoms with Crippen molar-refractivity contribution in [2.24, 2.45) is 0 Å². The van der Waals surface area contributed by atoms with Crippen LogP contribution in [0.5, 0.6) is 0 Å². The molecule has 5 N–H and O–H groups in total. The van der Waals surface area contributed by atoms with Crippen molar-refractivity contribution in [2.45, 2.75) is 32.6 Å². The molecule has 2 aromatic rings. The molecule has 1 aliphatic rings. The summed E-state index contributed by atoms with van der Waals surface area (Å²) in [6, 6.07) is 2.68. The quantitative estimate of drug-likeness (QED) is 0.0657. The Morgan fingerprint density at radius 3 is 1.58 bits per heavy atom. The molecule has 2 heterocycles. The fraction of sp³-hybridized carbons (Fsp3) is 0.613. The fourth-order valence-electron chi connectivity index (χ4n) is 3.65. The highest BCUT2D eigenvalue weighted by atomic mass is 35.5. The van der Waals surface area contributed by atoms with E-state index in [2.05, 4.69) is 52.3 Å². The molecule has 0 bridgehead atoms. The molecule has 300 valence electrons. The number of aliphatic hydroxyl groups excluding tert-OH is 1. The molecule has 0 atom stereocenters. The third kappa shape index (κ3) is 26.8. The Morgan fingerprint density at radius 2 is 1.27 bits per heavy atom. The van der Waals surface area contributed by atoms with Crippen LogP contribution in [0.25, 0.3) is 0 Å².